The summed E-state index contributed by atoms with van der Waals surface area (Å²) in [5.41, 5.74) is 0.842. The number of benzene rings is 2. The molecule has 8 heteroatoms. The topological polar surface area (TPSA) is 72.9 Å². The average molecular weight is 424 g/mol. The van der Waals surface area contributed by atoms with E-state index in [-0.39, 0.29) is 36.6 Å². The smallest absolute Gasteiger partial charge is 0.261 e. The van der Waals surface area contributed by atoms with E-state index >= 15 is 0 Å². The first-order valence-corrected chi connectivity index (χ1v) is 11.1. The van der Waals surface area contributed by atoms with Gasteiger partial charge in [0.05, 0.1) is 18.6 Å². The van der Waals surface area contributed by atoms with E-state index in [0.29, 0.717) is 22.9 Å². The van der Waals surface area contributed by atoms with Crippen LogP contribution in [-0.2, 0) is 21.2 Å². The second-order valence-corrected chi connectivity index (χ2v) is 9.34. The van der Waals surface area contributed by atoms with Crippen LogP contribution < -0.4 is 9.47 Å². The molecule has 0 aliphatic carbocycles. The molecule has 1 saturated heterocycles. The van der Waals surface area contributed by atoms with Crippen molar-refractivity contribution in [1.82, 2.24) is 4.90 Å². The lowest BCUT2D eigenvalue weighted by atomic mass is 10.1. The largest absolute Gasteiger partial charge is 0.497 e. The number of sulfone groups is 1. The number of methoxy groups -OCH3 is 1. The lowest BCUT2D eigenvalue weighted by molar-refractivity contribution is -0.136. The molecular weight excluding hydrogens is 402 g/mol. The molecule has 0 aromatic heterocycles. The fourth-order valence-electron chi connectivity index (χ4n) is 3.17. The molecule has 0 N–H and O–H groups in total. The fraction of sp³-hybridized carbons (Fsp3) is 0.350. The second kappa shape index (κ2) is 8.84. The molecule has 6 nitrogen and oxygen atoms in total. The first kappa shape index (κ1) is 20.5. The van der Waals surface area contributed by atoms with Crippen LogP contribution in [0.2, 0.25) is 5.02 Å². The molecule has 2 aromatic rings. The van der Waals surface area contributed by atoms with Crippen molar-refractivity contribution in [1.29, 1.82) is 0 Å². The van der Waals surface area contributed by atoms with Crippen LogP contribution in [-0.4, -0.2) is 50.5 Å². The number of rotatable bonds is 7. The summed E-state index contributed by atoms with van der Waals surface area (Å²) in [4.78, 5) is 14.5. The van der Waals surface area contributed by atoms with E-state index in [9.17, 15) is 13.2 Å². The Morgan fingerprint density at radius 3 is 2.50 bits per heavy atom. The molecule has 0 bridgehead atoms. The molecule has 1 aliphatic heterocycles. The molecule has 1 atom stereocenters. The molecule has 28 heavy (non-hydrogen) atoms. The van der Waals surface area contributed by atoms with Gasteiger partial charge in [-0.05, 0) is 48.4 Å². The highest BCUT2D eigenvalue weighted by Gasteiger charge is 2.34. The lowest BCUT2D eigenvalue weighted by Crippen LogP contribution is -2.43. The van der Waals surface area contributed by atoms with Crippen molar-refractivity contribution in [2.45, 2.75) is 19.0 Å². The molecule has 1 heterocycles. The van der Waals surface area contributed by atoms with Crippen LogP contribution >= 0.6 is 11.6 Å². The highest BCUT2D eigenvalue weighted by atomic mass is 35.5. The Hall–Kier alpha value is -2.25. The molecule has 1 fully saturated rings. The zero-order chi connectivity index (χ0) is 20.1. The SMILES string of the molecule is COc1ccc(OCC(=O)N(Cc2cccc(Cl)c2)C2CCS(=O)(=O)C2)cc1. The Morgan fingerprint density at radius 1 is 1.18 bits per heavy atom. The molecule has 0 saturated carbocycles. The van der Waals surface area contributed by atoms with Crippen LogP contribution in [0.15, 0.2) is 48.5 Å². The van der Waals surface area contributed by atoms with Crippen molar-refractivity contribution in [3.63, 3.8) is 0 Å². The Kier molecular flexibility index (Phi) is 6.46. The first-order chi connectivity index (χ1) is 13.4. The standard InChI is InChI=1S/C20H22ClNO5S/c1-26-18-5-7-19(8-6-18)27-13-20(23)22(17-9-10-28(24,25)14-17)12-15-3-2-4-16(21)11-15/h2-8,11,17H,9-10,12-14H2,1H3. The third-order valence-electron chi connectivity index (χ3n) is 4.63. The Labute approximate surface area is 169 Å². The summed E-state index contributed by atoms with van der Waals surface area (Å²) in [5, 5.41) is 0.568. The van der Waals surface area contributed by atoms with Crippen molar-refractivity contribution < 1.29 is 22.7 Å². The molecular formula is C20H22ClNO5S. The monoisotopic (exact) mass is 423 g/mol. The highest BCUT2D eigenvalue weighted by molar-refractivity contribution is 7.91. The van der Waals surface area contributed by atoms with Crippen LogP contribution in [0.25, 0.3) is 0 Å². The lowest BCUT2D eigenvalue weighted by Gasteiger charge is -2.28. The van der Waals surface area contributed by atoms with Gasteiger partial charge in [0.15, 0.2) is 16.4 Å². The van der Waals surface area contributed by atoms with Crippen LogP contribution in [0.4, 0.5) is 0 Å². The minimum atomic E-state index is -3.12. The number of amides is 1. The second-order valence-electron chi connectivity index (χ2n) is 6.67. The number of carbonyl (C=O) groups is 1. The summed E-state index contributed by atoms with van der Waals surface area (Å²) in [6.07, 6.45) is 0.428. The van der Waals surface area contributed by atoms with Crippen molar-refractivity contribution in [2.75, 3.05) is 25.2 Å². The van der Waals surface area contributed by atoms with E-state index in [1.807, 2.05) is 6.07 Å². The molecule has 150 valence electrons. The number of carbonyl (C=O) groups excluding carboxylic acids is 1. The summed E-state index contributed by atoms with van der Waals surface area (Å²) in [7, 11) is -1.55. The van der Waals surface area contributed by atoms with Crippen LogP contribution in [0, 0.1) is 0 Å². The number of ether oxygens (including phenoxy) is 2. The van der Waals surface area contributed by atoms with E-state index in [1.165, 1.54) is 0 Å². The van der Waals surface area contributed by atoms with E-state index < -0.39 is 9.84 Å². The summed E-state index contributed by atoms with van der Waals surface area (Å²) >= 11 is 6.04. The predicted octanol–water partition coefficient (Wildman–Crippen LogP) is 2.94. The summed E-state index contributed by atoms with van der Waals surface area (Å²) < 4.78 is 34.5. The zero-order valence-electron chi connectivity index (χ0n) is 15.5. The van der Waals surface area contributed by atoms with Crippen molar-refractivity contribution in [3.8, 4) is 11.5 Å². The third-order valence-corrected chi connectivity index (χ3v) is 6.62. The molecule has 3 rings (SSSR count). The van der Waals surface area contributed by atoms with Crippen LogP contribution in [0.3, 0.4) is 0 Å². The third kappa shape index (κ3) is 5.39. The van der Waals surface area contributed by atoms with Gasteiger partial charge in [-0.15, -0.1) is 0 Å². The van der Waals surface area contributed by atoms with Gasteiger partial charge in [0, 0.05) is 17.6 Å². The van der Waals surface area contributed by atoms with Crippen molar-refractivity contribution in [3.05, 3.63) is 59.1 Å². The molecule has 2 aromatic carbocycles. The van der Waals surface area contributed by atoms with Gasteiger partial charge >= 0.3 is 0 Å². The summed E-state index contributed by atoms with van der Waals surface area (Å²) in [6, 6.07) is 13.7. The first-order valence-electron chi connectivity index (χ1n) is 8.87. The van der Waals surface area contributed by atoms with Gasteiger partial charge in [0.2, 0.25) is 0 Å². The van der Waals surface area contributed by atoms with E-state index in [2.05, 4.69) is 0 Å². The fourth-order valence-corrected chi connectivity index (χ4v) is 5.12. The van der Waals surface area contributed by atoms with Gasteiger partial charge in [-0.1, -0.05) is 23.7 Å². The molecule has 1 unspecified atom stereocenters. The Morgan fingerprint density at radius 2 is 1.89 bits per heavy atom. The average Bonchev–Trinajstić information content (AvgIpc) is 3.04. The van der Waals surface area contributed by atoms with Gasteiger partial charge in [0.25, 0.3) is 5.91 Å². The van der Waals surface area contributed by atoms with E-state index in [0.717, 1.165) is 5.56 Å². The Balaban J connectivity index is 1.72. The highest BCUT2D eigenvalue weighted by Crippen LogP contribution is 2.22. The van der Waals surface area contributed by atoms with Gasteiger partial charge < -0.3 is 14.4 Å². The summed E-state index contributed by atoms with van der Waals surface area (Å²) in [6.45, 7) is 0.106. The normalized spacial score (nSPS) is 17.9. The van der Waals surface area contributed by atoms with Crippen molar-refractivity contribution >= 4 is 27.3 Å². The van der Waals surface area contributed by atoms with Crippen LogP contribution in [0.1, 0.15) is 12.0 Å². The number of hydrogen-bond acceptors (Lipinski definition) is 5. The number of hydrogen-bond donors (Lipinski definition) is 0. The maximum atomic E-state index is 12.9. The number of nitrogens with zero attached hydrogens (tertiary/aromatic N) is 1. The van der Waals surface area contributed by atoms with Crippen molar-refractivity contribution in [2.24, 2.45) is 0 Å². The maximum Gasteiger partial charge on any atom is 0.261 e. The van der Waals surface area contributed by atoms with Gasteiger partial charge in [-0.2, -0.15) is 0 Å². The van der Waals surface area contributed by atoms with Crippen LogP contribution in [0.5, 0.6) is 11.5 Å². The van der Waals surface area contributed by atoms with Gasteiger partial charge in [-0.25, -0.2) is 8.42 Å². The maximum absolute atomic E-state index is 12.9. The molecule has 1 aliphatic rings. The van der Waals surface area contributed by atoms with Gasteiger partial charge in [-0.3, -0.25) is 4.79 Å². The molecule has 0 spiro atoms. The molecule has 1 amide bonds. The molecule has 0 radical (unpaired) electrons. The van der Waals surface area contributed by atoms with E-state index in [4.69, 9.17) is 21.1 Å². The predicted molar refractivity (Wildman–Crippen MR) is 108 cm³/mol. The quantitative estimate of drug-likeness (QED) is 0.684. The minimum Gasteiger partial charge on any atom is -0.497 e. The van der Waals surface area contributed by atoms with Gasteiger partial charge in [0.1, 0.15) is 11.5 Å². The summed E-state index contributed by atoms with van der Waals surface area (Å²) in [5.74, 6) is 1.03. The zero-order valence-corrected chi connectivity index (χ0v) is 17.1. The Bertz CT molecular complexity index is 930. The van der Waals surface area contributed by atoms with E-state index in [1.54, 1.807) is 54.5 Å². The number of halogens is 1. The minimum absolute atomic E-state index is 0.0260.